The molecule has 0 aliphatic heterocycles. The van der Waals surface area contributed by atoms with Gasteiger partial charge in [0.15, 0.2) is 0 Å². The molecule has 0 saturated heterocycles. The molecule has 2 aromatic carbocycles. The van der Waals surface area contributed by atoms with Gasteiger partial charge in [0.05, 0.1) is 18.2 Å². The van der Waals surface area contributed by atoms with Gasteiger partial charge in [0.2, 0.25) is 0 Å². The highest BCUT2D eigenvalue weighted by Gasteiger charge is 2.22. The van der Waals surface area contributed by atoms with E-state index in [0.29, 0.717) is 6.54 Å². The van der Waals surface area contributed by atoms with Crippen LogP contribution in [0.4, 0.5) is 13.6 Å². The summed E-state index contributed by atoms with van der Waals surface area (Å²) >= 11 is 0. The summed E-state index contributed by atoms with van der Waals surface area (Å²) in [5.74, 6) is -0.784. The molecule has 0 aromatic heterocycles. The molecule has 2 atom stereocenters. The number of nitrogens with one attached hydrogen (secondary N) is 2. The van der Waals surface area contributed by atoms with Gasteiger partial charge in [-0.1, -0.05) is 12.1 Å². The van der Waals surface area contributed by atoms with Crippen LogP contribution in [0.2, 0.25) is 0 Å². The summed E-state index contributed by atoms with van der Waals surface area (Å²) in [6, 6.07) is 9.51. The maximum absolute atomic E-state index is 13.4. The lowest BCUT2D eigenvalue weighted by Gasteiger charge is -2.23. The second-order valence-electron chi connectivity index (χ2n) is 7.05. The van der Waals surface area contributed by atoms with Crippen LogP contribution >= 0.6 is 0 Å². The number of hydrogen-bond acceptors (Lipinski definition) is 4. The van der Waals surface area contributed by atoms with Crippen LogP contribution in [0.15, 0.2) is 42.5 Å². The van der Waals surface area contributed by atoms with E-state index in [2.05, 4.69) is 10.6 Å². The first-order valence-electron chi connectivity index (χ1n) is 9.31. The van der Waals surface area contributed by atoms with E-state index in [1.165, 1.54) is 0 Å². The van der Waals surface area contributed by atoms with E-state index in [4.69, 9.17) is 9.84 Å². The predicted octanol–water partition coefficient (Wildman–Crippen LogP) is 3.08. The van der Waals surface area contributed by atoms with Crippen molar-refractivity contribution < 1.29 is 28.5 Å². The van der Waals surface area contributed by atoms with Gasteiger partial charge in [0.25, 0.3) is 0 Å². The summed E-state index contributed by atoms with van der Waals surface area (Å²) in [6.07, 6.45) is -2.44. The fourth-order valence-electron chi connectivity index (χ4n) is 2.93. The van der Waals surface area contributed by atoms with Gasteiger partial charge in [-0.2, -0.15) is 0 Å². The first-order valence-corrected chi connectivity index (χ1v) is 9.31. The van der Waals surface area contributed by atoms with Gasteiger partial charge in [0, 0.05) is 19.2 Å². The Hall–Kier alpha value is -2.71. The topological polar surface area (TPSA) is 90.8 Å². The van der Waals surface area contributed by atoms with Gasteiger partial charge in [0.1, 0.15) is 17.4 Å². The summed E-state index contributed by atoms with van der Waals surface area (Å²) in [6.45, 7) is 4.38. The molecule has 6 nitrogen and oxygen atoms in total. The number of aliphatic hydroxyl groups is 1. The number of aliphatic hydroxyl groups excluding tert-OH is 1. The Morgan fingerprint density at radius 2 is 1.79 bits per heavy atom. The highest BCUT2D eigenvalue weighted by Crippen LogP contribution is 2.15. The average molecular weight is 408 g/mol. The lowest BCUT2D eigenvalue weighted by atomic mass is 10.0. The number of benzene rings is 2. The molecule has 0 radical (unpaired) electrons. The largest absolute Gasteiger partial charge is 0.491 e. The molecule has 0 aliphatic carbocycles. The smallest absolute Gasteiger partial charge is 0.404 e. The number of ether oxygens (including phenoxy) is 1. The molecule has 0 unspecified atom stereocenters. The van der Waals surface area contributed by atoms with E-state index < -0.39 is 29.9 Å². The second kappa shape index (κ2) is 10.7. The van der Waals surface area contributed by atoms with Crippen molar-refractivity contribution in [3.8, 4) is 5.75 Å². The maximum Gasteiger partial charge on any atom is 0.404 e. The fourth-order valence-corrected chi connectivity index (χ4v) is 2.93. The van der Waals surface area contributed by atoms with Gasteiger partial charge < -0.3 is 25.6 Å². The first-order chi connectivity index (χ1) is 13.7. The Morgan fingerprint density at radius 3 is 2.41 bits per heavy atom. The van der Waals surface area contributed by atoms with Crippen molar-refractivity contribution >= 4 is 6.09 Å². The summed E-state index contributed by atoms with van der Waals surface area (Å²) < 4.78 is 32.4. The Balaban J connectivity index is 1.95. The Kier molecular flexibility index (Phi) is 8.35. The maximum atomic E-state index is 13.4. The van der Waals surface area contributed by atoms with E-state index >= 15 is 0 Å². The summed E-state index contributed by atoms with van der Waals surface area (Å²) in [4.78, 5) is 11.1. The van der Waals surface area contributed by atoms with Gasteiger partial charge in [-0.25, -0.2) is 13.6 Å². The van der Waals surface area contributed by atoms with E-state index in [9.17, 15) is 18.7 Å². The van der Waals surface area contributed by atoms with E-state index in [1.807, 2.05) is 38.1 Å². The van der Waals surface area contributed by atoms with Gasteiger partial charge in [-0.3, -0.25) is 0 Å². The SMILES string of the molecule is CC(C)Oc1cccc(CNC[C@H](O)[C@H](Cc2cc(F)cc(F)c2)NC(=O)O)c1. The third-order valence-electron chi connectivity index (χ3n) is 4.10. The van der Waals surface area contributed by atoms with Crippen molar-refractivity contribution in [3.63, 3.8) is 0 Å². The van der Waals surface area contributed by atoms with Crippen LogP contribution in [-0.2, 0) is 13.0 Å². The molecule has 158 valence electrons. The minimum atomic E-state index is -1.33. The molecule has 29 heavy (non-hydrogen) atoms. The third-order valence-corrected chi connectivity index (χ3v) is 4.10. The molecule has 0 spiro atoms. The molecule has 0 fully saturated rings. The van der Waals surface area contributed by atoms with Crippen molar-refractivity contribution in [1.82, 2.24) is 10.6 Å². The van der Waals surface area contributed by atoms with Crippen molar-refractivity contribution in [2.75, 3.05) is 6.54 Å². The fraction of sp³-hybridized carbons (Fsp3) is 0.381. The predicted molar refractivity (Wildman–Crippen MR) is 105 cm³/mol. The second-order valence-corrected chi connectivity index (χ2v) is 7.05. The van der Waals surface area contributed by atoms with Crippen LogP contribution in [-0.4, -0.2) is 41.1 Å². The van der Waals surface area contributed by atoms with Crippen LogP contribution in [0.3, 0.4) is 0 Å². The Labute approximate surface area is 168 Å². The number of rotatable bonds is 10. The van der Waals surface area contributed by atoms with E-state index in [0.717, 1.165) is 29.5 Å². The van der Waals surface area contributed by atoms with Gasteiger partial charge in [-0.05, 0) is 55.7 Å². The zero-order chi connectivity index (χ0) is 21.4. The van der Waals surface area contributed by atoms with Crippen LogP contribution in [0, 0.1) is 11.6 Å². The minimum Gasteiger partial charge on any atom is -0.491 e. The molecule has 8 heteroatoms. The molecule has 4 N–H and O–H groups in total. The summed E-state index contributed by atoms with van der Waals surface area (Å²) in [5, 5.41) is 24.7. The summed E-state index contributed by atoms with van der Waals surface area (Å²) in [5.41, 5.74) is 1.18. The van der Waals surface area contributed by atoms with E-state index in [-0.39, 0.29) is 24.6 Å². The molecule has 0 aliphatic rings. The quantitative estimate of drug-likeness (QED) is 0.485. The van der Waals surface area contributed by atoms with Crippen LogP contribution in [0.25, 0.3) is 0 Å². The van der Waals surface area contributed by atoms with Crippen molar-refractivity contribution in [2.24, 2.45) is 0 Å². The average Bonchev–Trinajstić information content (AvgIpc) is 2.59. The third kappa shape index (κ3) is 8.05. The van der Waals surface area contributed by atoms with E-state index in [1.54, 1.807) is 0 Å². The van der Waals surface area contributed by atoms with Gasteiger partial charge in [-0.15, -0.1) is 0 Å². The molecule has 1 amide bonds. The molecule has 2 rings (SSSR count). The van der Waals surface area contributed by atoms with Crippen molar-refractivity contribution in [3.05, 3.63) is 65.2 Å². The molecule has 0 heterocycles. The molecule has 2 aromatic rings. The lowest BCUT2D eigenvalue weighted by Crippen LogP contribution is -2.48. The van der Waals surface area contributed by atoms with Crippen LogP contribution < -0.4 is 15.4 Å². The molecule has 0 bridgehead atoms. The highest BCUT2D eigenvalue weighted by molar-refractivity contribution is 5.65. The van der Waals surface area contributed by atoms with Crippen LogP contribution in [0.1, 0.15) is 25.0 Å². The first kappa shape index (κ1) is 22.6. The number of halogens is 2. The zero-order valence-electron chi connectivity index (χ0n) is 16.4. The van der Waals surface area contributed by atoms with Crippen molar-refractivity contribution in [2.45, 2.75) is 45.1 Å². The monoisotopic (exact) mass is 408 g/mol. The number of carboxylic acid groups (broad SMARTS) is 1. The Bertz CT molecular complexity index is 797. The number of amides is 1. The number of hydrogen-bond donors (Lipinski definition) is 4. The zero-order valence-corrected chi connectivity index (χ0v) is 16.4. The molecular formula is C21H26F2N2O4. The highest BCUT2D eigenvalue weighted by atomic mass is 19.1. The number of carbonyl (C=O) groups is 1. The standard InChI is InChI=1S/C21H26F2N2O4/c1-13(2)29-18-5-3-4-14(8-18)11-24-12-20(26)19(25-21(27)28)9-15-6-16(22)10-17(23)7-15/h3-8,10,13,19-20,24-26H,9,11-12H2,1-2H3,(H,27,28)/t19-,20-/m0/s1. The van der Waals surface area contributed by atoms with Crippen LogP contribution in [0.5, 0.6) is 5.75 Å². The molecular weight excluding hydrogens is 382 g/mol. The minimum absolute atomic E-state index is 0.0514. The normalized spacial score (nSPS) is 13.2. The lowest BCUT2D eigenvalue weighted by molar-refractivity contribution is 0.117. The van der Waals surface area contributed by atoms with Crippen molar-refractivity contribution in [1.29, 1.82) is 0 Å². The van der Waals surface area contributed by atoms with Gasteiger partial charge >= 0.3 is 6.09 Å². The summed E-state index contributed by atoms with van der Waals surface area (Å²) in [7, 11) is 0. The Morgan fingerprint density at radius 1 is 1.10 bits per heavy atom. The molecule has 0 saturated carbocycles.